The molecule has 0 atom stereocenters. The Morgan fingerprint density at radius 1 is 1.27 bits per heavy atom. The van der Waals surface area contributed by atoms with Gasteiger partial charge in [0.2, 0.25) is 6.79 Å². The first-order valence-corrected chi connectivity index (χ1v) is 8.19. The molecule has 22 heavy (non-hydrogen) atoms. The summed E-state index contributed by atoms with van der Waals surface area (Å²) in [7, 11) is 1.76. The molecule has 1 aromatic rings. The highest BCUT2D eigenvalue weighted by Crippen LogP contribution is 2.34. The van der Waals surface area contributed by atoms with Gasteiger partial charge in [-0.2, -0.15) is 11.8 Å². The highest BCUT2D eigenvalue weighted by molar-refractivity contribution is 14.0. The summed E-state index contributed by atoms with van der Waals surface area (Å²) in [6.45, 7) is 2.39. The quantitative estimate of drug-likeness (QED) is 0.293. The number of hydrogen-bond acceptors (Lipinski definition) is 5. The van der Waals surface area contributed by atoms with Gasteiger partial charge in [0.15, 0.2) is 17.5 Å². The molecule has 0 fully saturated rings. The Kier molecular flexibility index (Phi) is 9.21. The zero-order chi connectivity index (χ0) is 14.9. The van der Waals surface area contributed by atoms with E-state index in [9.17, 15) is 0 Å². The van der Waals surface area contributed by atoms with E-state index in [1.54, 1.807) is 18.8 Å². The van der Waals surface area contributed by atoms with Gasteiger partial charge in [0, 0.05) is 25.4 Å². The van der Waals surface area contributed by atoms with E-state index in [4.69, 9.17) is 14.2 Å². The second-order valence-corrected chi connectivity index (χ2v) is 5.27. The number of thioether (sulfide) groups is 1. The summed E-state index contributed by atoms with van der Waals surface area (Å²) in [4.78, 5) is 4.14. The molecule has 0 bridgehead atoms. The maximum Gasteiger partial charge on any atom is 0.231 e. The van der Waals surface area contributed by atoms with E-state index < -0.39 is 0 Å². The van der Waals surface area contributed by atoms with Crippen molar-refractivity contribution in [1.82, 2.24) is 10.6 Å². The van der Waals surface area contributed by atoms with Crippen molar-refractivity contribution in [2.75, 3.05) is 45.5 Å². The van der Waals surface area contributed by atoms with E-state index >= 15 is 0 Å². The maximum atomic E-state index is 5.67. The van der Waals surface area contributed by atoms with Crippen LogP contribution in [0.3, 0.4) is 0 Å². The van der Waals surface area contributed by atoms with Crippen molar-refractivity contribution in [3.8, 4) is 17.2 Å². The van der Waals surface area contributed by atoms with Crippen LogP contribution in [0.1, 0.15) is 0 Å². The molecular formula is C14H22IN3O3S. The van der Waals surface area contributed by atoms with Gasteiger partial charge in [-0.15, -0.1) is 24.0 Å². The summed E-state index contributed by atoms with van der Waals surface area (Å²) in [5.41, 5.74) is 0. The lowest BCUT2D eigenvalue weighted by Gasteiger charge is -2.12. The number of fused-ring (bicyclic) bond motifs is 1. The first-order valence-electron chi connectivity index (χ1n) is 6.79. The van der Waals surface area contributed by atoms with Crippen LogP contribution in [-0.4, -0.2) is 51.5 Å². The Morgan fingerprint density at radius 2 is 2.05 bits per heavy atom. The lowest BCUT2D eigenvalue weighted by atomic mass is 10.3. The molecule has 0 saturated heterocycles. The van der Waals surface area contributed by atoms with Gasteiger partial charge >= 0.3 is 0 Å². The Bertz CT molecular complexity index is 488. The van der Waals surface area contributed by atoms with Crippen molar-refractivity contribution < 1.29 is 14.2 Å². The zero-order valence-corrected chi connectivity index (χ0v) is 15.9. The molecule has 0 spiro atoms. The normalized spacial score (nSPS) is 12.5. The Labute approximate surface area is 152 Å². The smallest absolute Gasteiger partial charge is 0.231 e. The molecule has 0 radical (unpaired) electrons. The van der Waals surface area contributed by atoms with E-state index in [0.29, 0.717) is 13.2 Å². The van der Waals surface area contributed by atoms with Crippen molar-refractivity contribution >= 4 is 41.7 Å². The fraction of sp³-hybridized carbons (Fsp3) is 0.500. The largest absolute Gasteiger partial charge is 0.492 e. The Hall–Kier alpha value is -1.03. The van der Waals surface area contributed by atoms with Crippen molar-refractivity contribution in [2.24, 2.45) is 4.99 Å². The number of guanidine groups is 1. The number of aliphatic imine (C=N–C) groups is 1. The summed E-state index contributed by atoms with van der Waals surface area (Å²) in [6.07, 6.45) is 2.08. The van der Waals surface area contributed by atoms with Crippen molar-refractivity contribution in [2.45, 2.75) is 0 Å². The molecule has 124 valence electrons. The van der Waals surface area contributed by atoms with Gasteiger partial charge in [-0.3, -0.25) is 4.99 Å². The van der Waals surface area contributed by atoms with Gasteiger partial charge in [0.05, 0.1) is 6.54 Å². The molecule has 0 aliphatic carbocycles. The van der Waals surface area contributed by atoms with Gasteiger partial charge in [-0.25, -0.2) is 0 Å². The minimum Gasteiger partial charge on any atom is -0.492 e. The van der Waals surface area contributed by atoms with E-state index in [1.165, 1.54) is 0 Å². The second-order valence-electron chi connectivity index (χ2n) is 4.28. The van der Waals surface area contributed by atoms with E-state index in [2.05, 4.69) is 21.9 Å². The predicted molar refractivity (Wildman–Crippen MR) is 101 cm³/mol. The molecule has 8 heteroatoms. The van der Waals surface area contributed by atoms with Gasteiger partial charge in [-0.05, 0) is 18.4 Å². The first kappa shape index (κ1) is 19.0. The molecule has 1 aromatic carbocycles. The third-order valence-corrected chi connectivity index (χ3v) is 3.44. The molecule has 0 aromatic heterocycles. The molecule has 0 amide bonds. The number of ether oxygens (including phenoxy) is 3. The number of nitrogens with one attached hydrogen (secondary N) is 2. The van der Waals surface area contributed by atoms with Crippen LogP contribution >= 0.6 is 35.7 Å². The van der Waals surface area contributed by atoms with Gasteiger partial charge in [-0.1, -0.05) is 0 Å². The van der Waals surface area contributed by atoms with Crippen LogP contribution in [0, 0.1) is 0 Å². The zero-order valence-electron chi connectivity index (χ0n) is 12.8. The molecule has 1 heterocycles. The SMILES string of the molecule is CN=C(NCCOc1ccc2c(c1)OCO2)NCCSC.I. The summed E-state index contributed by atoms with van der Waals surface area (Å²) < 4.78 is 16.2. The van der Waals surface area contributed by atoms with Crippen LogP contribution in [0.15, 0.2) is 23.2 Å². The molecule has 2 rings (SSSR count). The van der Waals surface area contributed by atoms with E-state index in [-0.39, 0.29) is 30.8 Å². The summed E-state index contributed by atoms with van der Waals surface area (Å²) in [6, 6.07) is 5.57. The molecule has 0 unspecified atom stereocenters. The number of rotatable bonds is 7. The molecule has 2 N–H and O–H groups in total. The number of nitrogens with zero attached hydrogens (tertiary/aromatic N) is 1. The third kappa shape index (κ3) is 5.99. The average molecular weight is 439 g/mol. The van der Waals surface area contributed by atoms with Crippen LogP contribution in [0.4, 0.5) is 0 Å². The third-order valence-electron chi connectivity index (χ3n) is 2.83. The van der Waals surface area contributed by atoms with Gasteiger partial charge in [0.25, 0.3) is 0 Å². The van der Waals surface area contributed by atoms with Crippen LogP contribution in [0.2, 0.25) is 0 Å². The number of benzene rings is 1. The van der Waals surface area contributed by atoms with Crippen LogP contribution < -0.4 is 24.8 Å². The molecule has 0 saturated carbocycles. The monoisotopic (exact) mass is 439 g/mol. The lowest BCUT2D eigenvalue weighted by Crippen LogP contribution is -2.40. The van der Waals surface area contributed by atoms with Crippen molar-refractivity contribution in [3.63, 3.8) is 0 Å². The highest BCUT2D eigenvalue weighted by atomic mass is 127. The first-order chi connectivity index (χ1) is 10.3. The van der Waals surface area contributed by atoms with E-state index in [1.807, 2.05) is 18.2 Å². The van der Waals surface area contributed by atoms with E-state index in [0.717, 1.165) is 35.5 Å². The minimum absolute atomic E-state index is 0. The summed E-state index contributed by atoms with van der Waals surface area (Å²) in [5.74, 6) is 4.10. The molecule has 1 aliphatic heterocycles. The average Bonchev–Trinajstić information content (AvgIpc) is 2.97. The van der Waals surface area contributed by atoms with Crippen LogP contribution in [0.5, 0.6) is 17.2 Å². The predicted octanol–water partition coefficient (Wildman–Crippen LogP) is 1.94. The number of hydrogen-bond donors (Lipinski definition) is 2. The number of halogens is 1. The van der Waals surface area contributed by atoms with Gasteiger partial charge in [0.1, 0.15) is 12.4 Å². The molecule has 1 aliphatic rings. The van der Waals surface area contributed by atoms with Crippen LogP contribution in [-0.2, 0) is 0 Å². The van der Waals surface area contributed by atoms with Gasteiger partial charge < -0.3 is 24.8 Å². The standard InChI is InChI=1S/C14H21N3O3S.HI/c1-15-14(17-6-8-21-2)16-5-7-18-11-3-4-12-13(9-11)20-10-19-12;/h3-4,9H,5-8,10H2,1-2H3,(H2,15,16,17);1H. The lowest BCUT2D eigenvalue weighted by molar-refractivity contribution is 0.173. The molecular weight excluding hydrogens is 417 g/mol. The summed E-state index contributed by atoms with van der Waals surface area (Å²) >= 11 is 1.80. The fourth-order valence-electron chi connectivity index (χ4n) is 1.80. The highest BCUT2D eigenvalue weighted by Gasteiger charge is 2.13. The van der Waals surface area contributed by atoms with Crippen molar-refractivity contribution in [1.29, 1.82) is 0 Å². The topological polar surface area (TPSA) is 64.1 Å². The maximum absolute atomic E-state index is 5.67. The summed E-state index contributed by atoms with van der Waals surface area (Å²) in [5, 5.41) is 6.43. The van der Waals surface area contributed by atoms with Crippen molar-refractivity contribution in [3.05, 3.63) is 18.2 Å². The Balaban J connectivity index is 0.00000242. The van der Waals surface area contributed by atoms with Crippen LogP contribution in [0.25, 0.3) is 0 Å². The minimum atomic E-state index is 0. The second kappa shape index (κ2) is 10.7. The fourth-order valence-corrected chi connectivity index (χ4v) is 2.10. The molecule has 6 nitrogen and oxygen atoms in total. The Morgan fingerprint density at radius 3 is 2.82 bits per heavy atom.